The van der Waals surface area contributed by atoms with E-state index in [4.69, 9.17) is 0 Å². The number of carbonyl (C=O) groups is 1. The predicted molar refractivity (Wildman–Crippen MR) is 91.7 cm³/mol. The van der Waals surface area contributed by atoms with E-state index in [9.17, 15) is 13.2 Å². The molecule has 0 aliphatic carbocycles. The number of benzene rings is 1. The van der Waals surface area contributed by atoms with Crippen LogP contribution in [0.3, 0.4) is 0 Å². The van der Waals surface area contributed by atoms with Crippen LogP contribution in [-0.2, 0) is 21.4 Å². The van der Waals surface area contributed by atoms with Gasteiger partial charge in [0.25, 0.3) is 0 Å². The molecule has 1 fully saturated rings. The van der Waals surface area contributed by atoms with Gasteiger partial charge in [0.1, 0.15) is 6.04 Å². The molecule has 1 aliphatic rings. The molecule has 5 nitrogen and oxygen atoms in total. The van der Waals surface area contributed by atoms with Crippen molar-refractivity contribution in [2.24, 2.45) is 0 Å². The van der Waals surface area contributed by atoms with Crippen molar-refractivity contribution in [3.05, 3.63) is 34.4 Å². The van der Waals surface area contributed by atoms with Crippen molar-refractivity contribution >= 4 is 15.9 Å². The summed E-state index contributed by atoms with van der Waals surface area (Å²) in [5.41, 5.74) is 4.59. The summed E-state index contributed by atoms with van der Waals surface area (Å²) in [5.74, 6) is -0.200. The van der Waals surface area contributed by atoms with E-state index in [2.05, 4.69) is 17.4 Å². The van der Waals surface area contributed by atoms with Crippen molar-refractivity contribution in [2.75, 3.05) is 12.8 Å². The Labute approximate surface area is 139 Å². The van der Waals surface area contributed by atoms with E-state index < -0.39 is 16.1 Å². The van der Waals surface area contributed by atoms with Gasteiger partial charge in [-0.25, -0.2) is 8.42 Å². The van der Waals surface area contributed by atoms with Gasteiger partial charge in [0.2, 0.25) is 15.9 Å². The summed E-state index contributed by atoms with van der Waals surface area (Å²) in [5, 5.41) is 2.93. The minimum atomic E-state index is -3.35. The molecule has 1 aromatic rings. The number of rotatable bonds is 4. The Bertz CT molecular complexity index is 675. The van der Waals surface area contributed by atoms with Gasteiger partial charge >= 0.3 is 0 Å². The zero-order chi connectivity index (χ0) is 17.2. The molecule has 1 amide bonds. The maximum Gasteiger partial charge on any atom is 0.238 e. The van der Waals surface area contributed by atoms with E-state index in [0.29, 0.717) is 19.5 Å². The second-order valence-corrected chi connectivity index (χ2v) is 8.42. The van der Waals surface area contributed by atoms with E-state index in [1.165, 1.54) is 16.1 Å². The first-order chi connectivity index (χ1) is 10.7. The minimum absolute atomic E-state index is 0.200. The summed E-state index contributed by atoms with van der Waals surface area (Å²) in [7, 11) is -3.35. The van der Waals surface area contributed by atoms with Crippen LogP contribution in [0.25, 0.3) is 0 Å². The molecule has 2 rings (SSSR count). The molecule has 1 heterocycles. The monoisotopic (exact) mass is 338 g/mol. The van der Waals surface area contributed by atoms with Crippen molar-refractivity contribution in [3.8, 4) is 0 Å². The molecule has 1 saturated heterocycles. The number of hydrogen-bond donors (Lipinski definition) is 1. The third kappa shape index (κ3) is 4.32. The lowest BCUT2D eigenvalue weighted by Gasteiger charge is -2.32. The van der Waals surface area contributed by atoms with Crippen LogP contribution < -0.4 is 5.32 Å². The maximum absolute atomic E-state index is 12.5. The molecule has 0 bridgehead atoms. The Morgan fingerprint density at radius 2 is 1.83 bits per heavy atom. The van der Waals surface area contributed by atoms with Crippen LogP contribution in [0.4, 0.5) is 0 Å². The van der Waals surface area contributed by atoms with Crippen molar-refractivity contribution in [2.45, 2.75) is 52.6 Å². The summed E-state index contributed by atoms with van der Waals surface area (Å²) < 4.78 is 25.1. The molecule has 1 unspecified atom stereocenters. The highest BCUT2D eigenvalue weighted by atomic mass is 32.2. The van der Waals surface area contributed by atoms with E-state index in [-0.39, 0.29) is 5.91 Å². The fourth-order valence-electron chi connectivity index (χ4n) is 3.35. The lowest BCUT2D eigenvalue weighted by atomic mass is 9.99. The third-order valence-corrected chi connectivity index (χ3v) is 5.75. The molecular formula is C17H26N2O3S. The SMILES string of the molecule is Cc1cc(C)c(CNC(=O)C2CCCCN2S(C)(=O)=O)c(C)c1. The zero-order valence-corrected chi connectivity index (χ0v) is 15.2. The Morgan fingerprint density at radius 1 is 1.22 bits per heavy atom. The summed E-state index contributed by atoms with van der Waals surface area (Å²) >= 11 is 0. The number of sulfonamides is 1. The molecule has 6 heteroatoms. The first-order valence-electron chi connectivity index (χ1n) is 8.01. The minimum Gasteiger partial charge on any atom is -0.351 e. The number of aryl methyl sites for hydroxylation is 3. The van der Waals surface area contributed by atoms with Crippen molar-refractivity contribution < 1.29 is 13.2 Å². The number of hydrogen-bond acceptors (Lipinski definition) is 3. The summed E-state index contributed by atoms with van der Waals surface area (Å²) in [6, 6.07) is 3.61. The molecule has 0 saturated carbocycles. The predicted octanol–water partition coefficient (Wildman–Crippen LogP) is 2.04. The molecule has 0 aromatic heterocycles. The van der Waals surface area contributed by atoms with Crippen LogP contribution >= 0.6 is 0 Å². The van der Waals surface area contributed by atoms with E-state index in [1.54, 1.807) is 0 Å². The standard InChI is InChI=1S/C17H26N2O3S/c1-12-9-13(2)15(14(3)10-12)11-18-17(20)16-7-5-6-8-19(16)23(4,21)22/h9-10,16H,5-8,11H2,1-4H3,(H,18,20). The summed E-state index contributed by atoms with van der Waals surface area (Å²) in [6.07, 6.45) is 3.46. The van der Waals surface area contributed by atoms with Crippen LogP contribution in [0.1, 0.15) is 41.5 Å². The normalized spacial score (nSPS) is 19.6. The molecular weight excluding hydrogens is 312 g/mol. The van der Waals surface area contributed by atoms with Gasteiger partial charge in [-0.15, -0.1) is 0 Å². The molecule has 1 aliphatic heterocycles. The molecule has 1 aromatic carbocycles. The van der Waals surface area contributed by atoms with Crippen molar-refractivity contribution in [1.82, 2.24) is 9.62 Å². The van der Waals surface area contributed by atoms with Crippen LogP contribution in [0.15, 0.2) is 12.1 Å². The first-order valence-corrected chi connectivity index (χ1v) is 9.86. The lowest BCUT2D eigenvalue weighted by Crippen LogP contribution is -2.51. The van der Waals surface area contributed by atoms with Gasteiger partial charge in [0, 0.05) is 13.1 Å². The topological polar surface area (TPSA) is 66.5 Å². The van der Waals surface area contributed by atoms with Gasteiger partial charge in [-0.05, 0) is 50.3 Å². The first kappa shape index (κ1) is 17.9. The van der Waals surface area contributed by atoms with Gasteiger partial charge < -0.3 is 5.32 Å². The van der Waals surface area contributed by atoms with Gasteiger partial charge in [-0.3, -0.25) is 4.79 Å². The lowest BCUT2D eigenvalue weighted by molar-refractivity contribution is -0.125. The van der Waals surface area contributed by atoms with Gasteiger partial charge in [-0.2, -0.15) is 4.31 Å². The molecule has 23 heavy (non-hydrogen) atoms. The maximum atomic E-state index is 12.5. The van der Waals surface area contributed by atoms with Crippen LogP contribution in [0.5, 0.6) is 0 Å². The number of amides is 1. The number of nitrogens with one attached hydrogen (secondary N) is 1. The van der Waals surface area contributed by atoms with Gasteiger partial charge in [0.05, 0.1) is 6.26 Å². The second kappa shape index (κ2) is 7.01. The van der Waals surface area contributed by atoms with Gasteiger partial charge in [-0.1, -0.05) is 24.1 Å². The Morgan fingerprint density at radius 3 is 2.39 bits per heavy atom. The average molecular weight is 338 g/mol. The largest absolute Gasteiger partial charge is 0.351 e. The van der Waals surface area contributed by atoms with E-state index >= 15 is 0 Å². The summed E-state index contributed by atoms with van der Waals surface area (Å²) in [6.45, 7) is 6.98. The van der Waals surface area contributed by atoms with E-state index in [1.807, 2.05) is 20.8 Å². The zero-order valence-electron chi connectivity index (χ0n) is 14.3. The van der Waals surface area contributed by atoms with Crippen molar-refractivity contribution in [3.63, 3.8) is 0 Å². The third-order valence-electron chi connectivity index (χ3n) is 4.46. The highest BCUT2D eigenvalue weighted by Crippen LogP contribution is 2.21. The molecule has 0 spiro atoms. The molecule has 1 N–H and O–H groups in total. The summed E-state index contributed by atoms with van der Waals surface area (Å²) in [4.78, 5) is 12.5. The number of nitrogens with zero attached hydrogens (tertiary/aromatic N) is 1. The fraction of sp³-hybridized carbons (Fsp3) is 0.588. The molecule has 128 valence electrons. The van der Waals surface area contributed by atoms with Crippen LogP contribution in [-0.4, -0.2) is 37.5 Å². The van der Waals surface area contributed by atoms with Gasteiger partial charge in [0.15, 0.2) is 0 Å². The average Bonchev–Trinajstić information content (AvgIpc) is 2.45. The molecule has 0 radical (unpaired) electrons. The fourth-order valence-corrected chi connectivity index (χ4v) is 4.47. The Kier molecular flexibility index (Phi) is 5.47. The van der Waals surface area contributed by atoms with E-state index in [0.717, 1.165) is 29.5 Å². The Hall–Kier alpha value is -1.40. The second-order valence-electron chi connectivity index (χ2n) is 6.48. The number of carbonyl (C=O) groups excluding carboxylic acids is 1. The number of piperidine rings is 1. The van der Waals surface area contributed by atoms with Crippen LogP contribution in [0, 0.1) is 20.8 Å². The highest BCUT2D eigenvalue weighted by molar-refractivity contribution is 7.88. The molecule has 1 atom stereocenters. The smallest absolute Gasteiger partial charge is 0.238 e. The van der Waals surface area contributed by atoms with Crippen molar-refractivity contribution in [1.29, 1.82) is 0 Å². The Balaban J connectivity index is 2.10. The van der Waals surface area contributed by atoms with Crippen LogP contribution in [0.2, 0.25) is 0 Å². The quantitative estimate of drug-likeness (QED) is 0.913. The highest BCUT2D eigenvalue weighted by Gasteiger charge is 2.34.